The molecule has 138 valence electrons. The van der Waals surface area contributed by atoms with Gasteiger partial charge in [-0.2, -0.15) is 0 Å². The van der Waals surface area contributed by atoms with Crippen molar-refractivity contribution in [2.45, 2.75) is 33.1 Å². The molecule has 0 bridgehead atoms. The minimum absolute atomic E-state index is 0.182. The zero-order valence-corrected chi connectivity index (χ0v) is 15.8. The van der Waals surface area contributed by atoms with Crippen molar-refractivity contribution in [3.05, 3.63) is 51.9 Å². The Labute approximate surface area is 156 Å². The number of carbonyl (C=O) groups excluding carboxylic acids is 3. The number of esters is 1. The topological polar surface area (TPSA) is 98.5 Å². The predicted molar refractivity (Wildman–Crippen MR) is 102 cm³/mol. The molecule has 7 heteroatoms. The Kier molecular flexibility index (Phi) is 6.52. The van der Waals surface area contributed by atoms with E-state index in [-0.39, 0.29) is 33.9 Å². The first kappa shape index (κ1) is 19.7. The van der Waals surface area contributed by atoms with E-state index < -0.39 is 11.9 Å². The minimum atomic E-state index is -0.645. The zero-order valence-electron chi connectivity index (χ0n) is 15.0. The lowest BCUT2D eigenvalue weighted by molar-refractivity contribution is -0.117. The van der Waals surface area contributed by atoms with Crippen LogP contribution in [-0.4, -0.2) is 24.4 Å². The Hall–Kier alpha value is -2.67. The predicted octanol–water partition coefficient (Wildman–Crippen LogP) is 3.46. The van der Waals surface area contributed by atoms with Crippen LogP contribution in [0.1, 0.15) is 57.3 Å². The van der Waals surface area contributed by atoms with E-state index in [9.17, 15) is 14.4 Å². The largest absolute Gasteiger partial charge is 0.462 e. The van der Waals surface area contributed by atoms with E-state index in [2.05, 4.69) is 5.32 Å². The van der Waals surface area contributed by atoms with Crippen molar-refractivity contribution in [3.63, 3.8) is 0 Å². The number of nitrogens with one attached hydrogen (secondary N) is 1. The fraction of sp³-hybridized carbons (Fsp3) is 0.316. The number of amides is 2. The normalized spacial score (nSPS) is 11.7. The van der Waals surface area contributed by atoms with Crippen LogP contribution in [-0.2, 0) is 9.53 Å². The Morgan fingerprint density at radius 3 is 2.38 bits per heavy atom. The Morgan fingerprint density at radius 1 is 1.19 bits per heavy atom. The zero-order chi connectivity index (χ0) is 19.3. The molecule has 0 fully saturated rings. The van der Waals surface area contributed by atoms with Gasteiger partial charge in [0, 0.05) is 0 Å². The van der Waals surface area contributed by atoms with E-state index in [1.807, 2.05) is 37.3 Å². The fourth-order valence-corrected chi connectivity index (χ4v) is 3.79. The molecule has 1 heterocycles. The molecule has 1 atom stereocenters. The van der Waals surface area contributed by atoms with Gasteiger partial charge in [-0.25, -0.2) is 4.79 Å². The quantitative estimate of drug-likeness (QED) is 0.725. The van der Waals surface area contributed by atoms with Gasteiger partial charge in [0.15, 0.2) is 0 Å². The summed E-state index contributed by atoms with van der Waals surface area (Å²) in [6, 6.07) is 9.39. The van der Waals surface area contributed by atoms with Crippen molar-refractivity contribution < 1.29 is 19.1 Å². The summed E-state index contributed by atoms with van der Waals surface area (Å²) in [7, 11) is 0. The highest BCUT2D eigenvalue weighted by Gasteiger charge is 2.27. The molecule has 1 aromatic carbocycles. The summed E-state index contributed by atoms with van der Waals surface area (Å²) in [5, 5.41) is 3.07. The van der Waals surface area contributed by atoms with Gasteiger partial charge in [0.05, 0.1) is 23.0 Å². The maximum absolute atomic E-state index is 12.8. The molecule has 3 N–H and O–H groups in total. The van der Waals surface area contributed by atoms with Crippen LogP contribution in [0, 0.1) is 6.92 Å². The highest BCUT2D eigenvalue weighted by molar-refractivity contribution is 7.18. The molecule has 0 saturated carbocycles. The number of thiophene rings is 1. The third-order valence-corrected chi connectivity index (χ3v) is 5.24. The van der Waals surface area contributed by atoms with Gasteiger partial charge in [0.25, 0.3) is 5.91 Å². The number of rotatable bonds is 7. The van der Waals surface area contributed by atoms with Crippen LogP contribution in [0.3, 0.4) is 0 Å². The Morgan fingerprint density at radius 2 is 1.85 bits per heavy atom. The van der Waals surface area contributed by atoms with Crippen LogP contribution in [0.15, 0.2) is 30.3 Å². The molecule has 0 aliphatic rings. The van der Waals surface area contributed by atoms with Gasteiger partial charge in [0.2, 0.25) is 5.91 Å². The van der Waals surface area contributed by atoms with E-state index >= 15 is 0 Å². The number of ether oxygens (including phenoxy) is 1. The summed E-state index contributed by atoms with van der Waals surface area (Å²) in [6.45, 7) is 5.41. The highest BCUT2D eigenvalue weighted by atomic mass is 32.1. The van der Waals surface area contributed by atoms with Gasteiger partial charge in [-0.1, -0.05) is 37.3 Å². The molecule has 2 aromatic rings. The van der Waals surface area contributed by atoms with E-state index in [1.54, 1.807) is 13.8 Å². The van der Waals surface area contributed by atoms with Crippen molar-refractivity contribution >= 4 is 34.1 Å². The van der Waals surface area contributed by atoms with Crippen LogP contribution in [0.5, 0.6) is 0 Å². The lowest BCUT2D eigenvalue weighted by atomic mass is 9.95. The smallest absolute Gasteiger partial charge is 0.341 e. The van der Waals surface area contributed by atoms with Crippen molar-refractivity contribution in [2.75, 3.05) is 11.9 Å². The first-order chi connectivity index (χ1) is 12.4. The van der Waals surface area contributed by atoms with Gasteiger partial charge in [0.1, 0.15) is 5.00 Å². The molecular weight excluding hydrogens is 352 g/mol. The molecule has 6 nitrogen and oxygen atoms in total. The van der Waals surface area contributed by atoms with Crippen LogP contribution in [0.4, 0.5) is 5.00 Å². The lowest BCUT2D eigenvalue weighted by Gasteiger charge is -2.15. The molecule has 0 spiro atoms. The van der Waals surface area contributed by atoms with Gasteiger partial charge in [-0.15, -0.1) is 11.3 Å². The summed E-state index contributed by atoms with van der Waals surface area (Å²) in [5.74, 6) is -1.85. The number of hydrogen-bond donors (Lipinski definition) is 2. The van der Waals surface area contributed by atoms with E-state index in [0.717, 1.165) is 16.9 Å². The molecule has 2 amide bonds. The first-order valence-electron chi connectivity index (χ1n) is 8.36. The van der Waals surface area contributed by atoms with Gasteiger partial charge >= 0.3 is 5.97 Å². The lowest BCUT2D eigenvalue weighted by Crippen LogP contribution is -2.21. The summed E-state index contributed by atoms with van der Waals surface area (Å²) in [4.78, 5) is 37.0. The number of hydrogen-bond acceptors (Lipinski definition) is 5. The summed E-state index contributed by atoms with van der Waals surface area (Å²) in [6.07, 6.45) is 0.595. The minimum Gasteiger partial charge on any atom is -0.462 e. The van der Waals surface area contributed by atoms with Gasteiger partial charge < -0.3 is 15.8 Å². The second-order valence-electron chi connectivity index (χ2n) is 5.71. The molecule has 0 unspecified atom stereocenters. The van der Waals surface area contributed by atoms with Crippen LogP contribution < -0.4 is 11.1 Å². The molecule has 26 heavy (non-hydrogen) atoms. The SMILES string of the molecule is CCOC(=O)c1c(NC(=O)[C@@H](CC)c2ccccc2)sc(C(N)=O)c1C. The Bertz CT molecular complexity index is 814. The molecule has 0 saturated heterocycles. The average Bonchev–Trinajstić information content (AvgIpc) is 2.93. The fourth-order valence-electron chi connectivity index (χ4n) is 2.74. The van der Waals surface area contributed by atoms with Crippen LogP contribution in [0.2, 0.25) is 0 Å². The third kappa shape index (κ3) is 4.11. The van der Waals surface area contributed by atoms with E-state index in [4.69, 9.17) is 10.5 Å². The summed E-state index contributed by atoms with van der Waals surface area (Å²) < 4.78 is 5.06. The number of anilines is 1. The van der Waals surface area contributed by atoms with Gasteiger partial charge in [-0.3, -0.25) is 9.59 Å². The highest BCUT2D eigenvalue weighted by Crippen LogP contribution is 2.34. The number of carbonyl (C=O) groups is 3. The standard InChI is InChI=1S/C19H22N2O4S/c1-4-13(12-9-7-6-8-10-12)17(23)21-18-14(19(24)25-5-2)11(3)15(26-18)16(20)22/h6-10,13H,4-5H2,1-3H3,(H2,20,22)(H,21,23)/t13-/m0/s1. The monoisotopic (exact) mass is 374 g/mol. The Balaban J connectivity index is 2.38. The molecular formula is C19H22N2O4S. The van der Waals surface area contributed by atoms with Crippen molar-refractivity contribution in [3.8, 4) is 0 Å². The van der Waals surface area contributed by atoms with Gasteiger partial charge in [-0.05, 0) is 31.4 Å². The molecule has 0 aliphatic carbocycles. The summed E-state index contributed by atoms with van der Waals surface area (Å²) >= 11 is 0.993. The molecule has 2 rings (SSSR count). The second kappa shape index (κ2) is 8.62. The second-order valence-corrected chi connectivity index (χ2v) is 6.73. The molecule has 0 aliphatic heterocycles. The number of nitrogens with two attached hydrogens (primary N) is 1. The third-order valence-electron chi connectivity index (χ3n) is 4.01. The van der Waals surface area contributed by atoms with E-state index in [1.165, 1.54) is 0 Å². The molecule has 1 aromatic heterocycles. The van der Waals surface area contributed by atoms with Crippen molar-refractivity contribution in [1.29, 1.82) is 0 Å². The van der Waals surface area contributed by atoms with Crippen molar-refractivity contribution in [2.24, 2.45) is 5.73 Å². The van der Waals surface area contributed by atoms with E-state index in [0.29, 0.717) is 12.0 Å². The summed E-state index contributed by atoms with van der Waals surface area (Å²) in [5.41, 5.74) is 6.87. The number of primary amides is 1. The van der Waals surface area contributed by atoms with Crippen LogP contribution >= 0.6 is 11.3 Å². The van der Waals surface area contributed by atoms with Crippen LogP contribution in [0.25, 0.3) is 0 Å². The first-order valence-corrected chi connectivity index (χ1v) is 9.18. The maximum Gasteiger partial charge on any atom is 0.341 e. The maximum atomic E-state index is 12.8. The van der Waals surface area contributed by atoms with Crippen molar-refractivity contribution in [1.82, 2.24) is 0 Å². The average molecular weight is 374 g/mol. The molecule has 0 radical (unpaired) electrons. The number of benzene rings is 1.